The van der Waals surface area contributed by atoms with Gasteiger partial charge in [-0.1, -0.05) is 44.2 Å². The van der Waals surface area contributed by atoms with Gasteiger partial charge in [0.05, 0.1) is 12.2 Å². The molecule has 1 aliphatic rings. The molecule has 0 bridgehead atoms. The maximum Gasteiger partial charge on any atom is 0.303 e. The third-order valence-corrected chi connectivity index (χ3v) is 8.78. The minimum absolute atomic E-state index is 0.251. The molecule has 12 nitrogen and oxygen atoms in total. The number of anilines is 3. The summed E-state index contributed by atoms with van der Waals surface area (Å²) >= 11 is 0. The van der Waals surface area contributed by atoms with Crippen LogP contribution in [0.3, 0.4) is 0 Å². The van der Waals surface area contributed by atoms with Crippen molar-refractivity contribution in [2.75, 3.05) is 42.9 Å². The van der Waals surface area contributed by atoms with Crippen molar-refractivity contribution in [1.29, 1.82) is 0 Å². The summed E-state index contributed by atoms with van der Waals surface area (Å²) in [6.07, 6.45) is 11.3. The molecular weight excluding hydrogens is 608 g/mol. The summed E-state index contributed by atoms with van der Waals surface area (Å²) in [5, 5.41) is 22.9. The molecule has 4 aromatic rings. The van der Waals surface area contributed by atoms with Crippen molar-refractivity contribution in [3.63, 3.8) is 0 Å². The lowest BCUT2D eigenvalue weighted by atomic mass is 10.1. The number of allylic oxidation sites excluding steroid dienone is 1. The minimum atomic E-state index is -1.15. The molecule has 12 heteroatoms. The quantitative estimate of drug-likeness (QED) is 0.0991. The van der Waals surface area contributed by atoms with Gasteiger partial charge in [-0.05, 0) is 69.6 Å². The van der Waals surface area contributed by atoms with Crippen molar-refractivity contribution in [3.8, 4) is 5.82 Å². The number of aliphatic carboxylic acids is 1. The summed E-state index contributed by atoms with van der Waals surface area (Å²) in [5.74, 6) is 0.116. The molecule has 1 fully saturated rings. The molecule has 0 saturated carbocycles. The molecule has 1 saturated heterocycles. The fourth-order valence-corrected chi connectivity index (χ4v) is 6.10. The summed E-state index contributed by atoms with van der Waals surface area (Å²) in [4.78, 5) is 42.7. The second-order valence-electron chi connectivity index (χ2n) is 13.0. The highest BCUT2D eigenvalue weighted by Gasteiger charge is 2.22. The van der Waals surface area contributed by atoms with Crippen molar-refractivity contribution in [2.45, 2.75) is 77.4 Å². The standard InChI is InChI=1S/C36H48N8O4/c1-4-20-43-34(47)29-26-37-35(40-33(29)44(43)31-14-12-13-30(39-31)36(2,3)48)38-27-16-18-28(19-17-27)42-24-22-41(23-25-42)21-11-9-7-5-6-8-10-15-32(45)46/h4,12-14,16-19,26,48H,1,5-11,15,20-25H2,2-3H3,(H,45,46)(H,37,38,40). The summed E-state index contributed by atoms with van der Waals surface area (Å²) in [6, 6.07) is 13.6. The molecule has 5 rings (SSSR count). The van der Waals surface area contributed by atoms with E-state index in [-0.39, 0.29) is 18.5 Å². The highest BCUT2D eigenvalue weighted by Crippen LogP contribution is 2.24. The number of nitrogens with zero attached hydrogens (tertiary/aromatic N) is 7. The Labute approximate surface area is 281 Å². The van der Waals surface area contributed by atoms with E-state index in [0.717, 1.165) is 57.7 Å². The van der Waals surface area contributed by atoms with Gasteiger partial charge in [0.15, 0.2) is 11.5 Å². The van der Waals surface area contributed by atoms with Crippen LogP contribution in [-0.2, 0) is 16.9 Å². The third kappa shape index (κ3) is 8.87. The number of carbonyl (C=O) groups is 1. The Balaban J connectivity index is 1.17. The van der Waals surface area contributed by atoms with Gasteiger partial charge < -0.3 is 20.4 Å². The summed E-state index contributed by atoms with van der Waals surface area (Å²) < 4.78 is 3.16. The molecule has 0 atom stereocenters. The molecule has 0 spiro atoms. The molecule has 256 valence electrons. The van der Waals surface area contributed by atoms with Crippen LogP contribution in [0.15, 0.2) is 66.1 Å². The first-order valence-electron chi connectivity index (χ1n) is 17.0. The van der Waals surface area contributed by atoms with E-state index < -0.39 is 11.6 Å². The van der Waals surface area contributed by atoms with Crippen LogP contribution in [0.4, 0.5) is 17.3 Å². The normalized spacial score (nSPS) is 14.0. The van der Waals surface area contributed by atoms with E-state index in [2.05, 4.69) is 43.8 Å². The largest absolute Gasteiger partial charge is 0.481 e. The molecule has 48 heavy (non-hydrogen) atoms. The minimum Gasteiger partial charge on any atom is -0.481 e. The Bertz CT molecular complexity index is 1730. The topological polar surface area (TPSA) is 142 Å². The Hall–Kier alpha value is -4.55. The average molecular weight is 657 g/mol. The highest BCUT2D eigenvalue weighted by atomic mass is 16.4. The van der Waals surface area contributed by atoms with Crippen LogP contribution in [0.25, 0.3) is 16.9 Å². The first-order valence-corrected chi connectivity index (χ1v) is 17.0. The molecule has 1 aliphatic heterocycles. The number of aliphatic hydroxyl groups is 1. The molecule has 0 aliphatic carbocycles. The lowest BCUT2D eigenvalue weighted by Crippen LogP contribution is -2.46. The Morgan fingerprint density at radius 3 is 2.31 bits per heavy atom. The van der Waals surface area contributed by atoms with Gasteiger partial charge >= 0.3 is 5.97 Å². The van der Waals surface area contributed by atoms with Gasteiger partial charge in [0.2, 0.25) is 5.95 Å². The zero-order chi connectivity index (χ0) is 34.1. The van der Waals surface area contributed by atoms with E-state index >= 15 is 0 Å². The molecule has 0 unspecified atom stereocenters. The summed E-state index contributed by atoms with van der Waals surface area (Å²) in [5.41, 5.74) is 1.48. The predicted molar refractivity (Wildman–Crippen MR) is 189 cm³/mol. The van der Waals surface area contributed by atoms with Crippen molar-refractivity contribution in [2.24, 2.45) is 0 Å². The molecule has 4 heterocycles. The smallest absolute Gasteiger partial charge is 0.303 e. The molecule has 1 aromatic carbocycles. The van der Waals surface area contributed by atoms with Gasteiger partial charge in [-0.2, -0.15) is 4.98 Å². The SMILES string of the molecule is C=CCn1c(=O)c2cnc(Nc3ccc(N4CCN(CCCCCCCCCC(=O)O)CC4)cc3)nc2n1-c1cccc(C(C)(C)O)n1. The number of hydrogen-bond donors (Lipinski definition) is 3. The lowest BCUT2D eigenvalue weighted by Gasteiger charge is -2.36. The molecular formula is C36H48N8O4. The second kappa shape index (κ2) is 16.0. The van der Waals surface area contributed by atoms with Crippen LogP contribution in [0.2, 0.25) is 0 Å². The Kier molecular flexibility index (Phi) is 11.6. The zero-order valence-corrected chi connectivity index (χ0v) is 28.1. The maximum absolute atomic E-state index is 13.3. The third-order valence-electron chi connectivity index (χ3n) is 8.78. The van der Waals surface area contributed by atoms with Crippen molar-refractivity contribution in [1.82, 2.24) is 29.2 Å². The van der Waals surface area contributed by atoms with Gasteiger partial charge in [0, 0.05) is 50.2 Å². The lowest BCUT2D eigenvalue weighted by molar-refractivity contribution is -0.137. The van der Waals surface area contributed by atoms with E-state index in [1.54, 1.807) is 42.8 Å². The van der Waals surface area contributed by atoms with Gasteiger partial charge in [0.25, 0.3) is 5.56 Å². The number of pyridine rings is 1. The molecule has 3 N–H and O–H groups in total. The number of carboxylic acid groups (broad SMARTS) is 1. The number of nitrogens with one attached hydrogen (secondary N) is 1. The molecule has 0 radical (unpaired) electrons. The summed E-state index contributed by atoms with van der Waals surface area (Å²) in [6.45, 7) is 12.6. The van der Waals surface area contributed by atoms with Gasteiger partial charge in [-0.15, -0.1) is 6.58 Å². The van der Waals surface area contributed by atoms with Gasteiger partial charge in [-0.25, -0.2) is 19.3 Å². The van der Waals surface area contributed by atoms with Crippen molar-refractivity contribution >= 4 is 34.3 Å². The van der Waals surface area contributed by atoms with E-state index in [0.29, 0.717) is 28.5 Å². The van der Waals surface area contributed by atoms with Crippen LogP contribution in [0.1, 0.15) is 70.9 Å². The van der Waals surface area contributed by atoms with Crippen LogP contribution in [0.5, 0.6) is 0 Å². The molecule has 0 amide bonds. The number of carboxylic acids is 1. The van der Waals surface area contributed by atoms with Crippen LogP contribution >= 0.6 is 0 Å². The second-order valence-corrected chi connectivity index (χ2v) is 13.0. The van der Waals surface area contributed by atoms with Crippen molar-refractivity contribution < 1.29 is 15.0 Å². The van der Waals surface area contributed by atoms with Crippen LogP contribution in [-0.4, -0.2) is 78.1 Å². The number of piperazine rings is 1. The van der Waals surface area contributed by atoms with E-state index in [4.69, 9.17) is 10.1 Å². The zero-order valence-electron chi connectivity index (χ0n) is 28.1. The van der Waals surface area contributed by atoms with E-state index in [9.17, 15) is 14.7 Å². The Morgan fingerprint density at radius 1 is 0.958 bits per heavy atom. The van der Waals surface area contributed by atoms with Crippen LogP contribution in [0, 0.1) is 0 Å². The predicted octanol–water partition coefficient (Wildman–Crippen LogP) is 5.46. The fraction of sp³-hybridized carbons (Fsp3) is 0.472. The number of benzene rings is 1. The number of hydrogen-bond acceptors (Lipinski definition) is 9. The molecule has 3 aromatic heterocycles. The van der Waals surface area contributed by atoms with Gasteiger partial charge in [-0.3, -0.25) is 14.5 Å². The van der Waals surface area contributed by atoms with Crippen LogP contribution < -0.4 is 15.8 Å². The monoisotopic (exact) mass is 656 g/mol. The number of fused-ring (bicyclic) bond motifs is 1. The first kappa shape index (κ1) is 34.8. The summed E-state index contributed by atoms with van der Waals surface area (Å²) in [7, 11) is 0. The van der Waals surface area contributed by atoms with E-state index in [1.165, 1.54) is 42.2 Å². The Morgan fingerprint density at radius 2 is 1.65 bits per heavy atom. The fourth-order valence-electron chi connectivity index (χ4n) is 6.10. The maximum atomic E-state index is 13.3. The van der Waals surface area contributed by atoms with E-state index in [1.807, 2.05) is 12.1 Å². The first-order chi connectivity index (χ1) is 23.1. The number of aromatic nitrogens is 5. The number of rotatable bonds is 17. The highest BCUT2D eigenvalue weighted by molar-refractivity contribution is 5.77. The average Bonchev–Trinajstić information content (AvgIpc) is 3.34. The van der Waals surface area contributed by atoms with Crippen molar-refractivity contribution in [3.05, 3.63) is 77.4 Å². The van der Waals surface area contributed by atoms with Gasteiger partial charge in [0.1, 0.15) is 11.0 Å². The number of unbranched alkanes of at least 4 members (excludes halogenated alkanes) is 6.